The SMILES string of the molecule is Cc1cc([C@@H]2[C@@H](c3ccccn3)NC(=S)N2Cc2ccccn2)c(C)n1Cc1ccccc1. The third kappa shape index (κ3) is 4.26. The van der Waals surface area contributed by atoms with Crippen LogP contribution in [0.4, 0.5) is 0 Å². The molecule has 0 radical (unpaired) electrons. The smallest absolute Gasteiger partial charge is 0.170 e. The lowest BCUT2D eigenvalue weighted by Gasteiger charge is -2.28. The van der Waals surface area contributed by atoms with Crippen molar-refractivity contribution in [2.24, 2.45) is 0 Å². The van der Waals surface area contributed by atoms with Gasteiger partial charge in [0.2, 0.25) is 0 Å². The molecule has 0 amide bonds. The molecule has 3 aromatic heterocycles. The van der Waals surface area contributed by atoms with Crippen LogP contribution in [0.3, 0.4) is 0 Å². The predicted molar refractivity (Wildman–Crippen MR) is 135 cm³/mol. The van der Waals surface area contributed by atoms with Gasteiger partial charge in [0, 0.05) is 30.3 Å². The van der Waals surface area contributed by atoms with Crippen LogP contribution in [0.25, 0.3) is 0 Å². The summed E-state index contributed by atoms with van der Waals surface area (Å²) in [6, 6.07) is 24.9. The van der Waals surface area contributed by atoms with E-state index >= 15 is 0 Å². The van der Waals surface area contributed by atoms with E-state index in [1.54, 1.807) is 0 Å². The molecule has 0 bridgehead atoms. The van der Waals surface area contributed by atoms with E-state index in [4.69, 9.17) is 12.2 Å². The van der Waals surface area contributed by atoms with Gasteiger partial charge in [0.1, 0.15) is 0 Å². The topological polar surface area (TPSA) is 46.0 Å². The molecule has 1 aromatic carbocycles. The number of aryl methyl sites for hydroxylation is 1. The Balaban J connectivity index is 1.56. The molecule has 1 N–H and O–H groups in total. The second-order valence-electron chi connectivity index (χ2n) is 8.47. The second kappa shape index (κ2) is 9.16. The first-order chi connectivity index (χ1) is 16.1. The van der Waals surface area contributed by atoms with Crippen LogP contribution in [0.15, 0.2) is 85.2 Å². The van der Waals surface area contributed by atoms with E-state index in [0.29, 0.717) is 6.54 Å². The van der Waals surface area contributed by atoms with Gasteiger partial charge in [-0.2, -0.15) is 0 Å². The number of hydrogen-bond acceptors (Lipinski definition) is 3. The van der Waals surface area contributed by atoms with Crippen molar-refractivity contribution in [2.45, 2.75) is 39.0 Å². The van der Waals surface area contributed by atoms with Gasteiger partial charge < -0.3 is 14.8 Å². The van der Waals surface area contributed by atoms with Crippen LogP contribution in [0.1, 0.15) is 46.0 Å². The summed E-state index contributed by atoms with van der Waals surface area (Å²) >= 11 is 5.83. The second-order valence-corrected chi connectivity index (χ2v) is 8.86. The van der Waals surface area contributed by atoms with Gasteiger partial charge in [-0.3, -0.25) is 9.97 Å². The Morgan fingerprint density at radius 3 is 2.30 bits per heavy atom. The van der Waals surface area contributed by atoms with E-state index in [9.17, 15) is 0 Å². The summed E-state index contributed by atoms with van der Waals surface area (Å²) in [5.41, 5.74) is 7.02. The standard InChI is InChI=1S/C27H27N5S/c1-19-16-23(20(2)31(19)17-21-10-4-3-5-11-21)26-25(24-13-7-9-15-29-24)30-27(33)32(26)18-22-12-6-8-14-28-22/h3-16,25-26H,17-18H2,1-2H3,(H,30,33)/t25-,26-/m1/s1. The molecule has 4 heterocycles. The van der Waals surface area contributed by atoms with Crippen LogP contribution in [-0.2, 0) is 13.1 Å². The molecule has 1 saturated heterocycles. The zero-order chi connectivity index (χ0) is 22.8. The molecule has 1 aliphatic rings. The quantitative estimate of drug-likeness (QED) is 0.411. The van der Waals surface area contributed by atoms with Gasteiger partial charge in [-0.05, 0) is 67.5 Å². The first-order valence-corrected chi connectivity index (χ1v) is 11.6. The Morgan fingerprint density at radius 1 is 0.879 bits per heavy atom. The van der Waals surface area contributed by atoms with E-state index in [2.05, 4.69) is 81.1 Å². The van der Waals surface area contributed by atoms with Gasteiger partial charge in [0.15, 0.2) is 5.11 Å². The third-order valence-corrected chi connectivity index (χ3v) is 6.72. The highest BCUT2D eigenvalue weighted by Gasteiger charge is 2.41. The van der Waals surface area contributed by atoms with E-state index in [0.717, 1.165) is 23.0 Å². The summed E-state index contributed by atoms with van der Waals surface area (Å²) in [7, 11) is 0. The fraction of sp³-hybridized carbons (Fsp3) is 0.222. The summed E-state index contributed by atoms with van der Waals surface area (Å²) in [4.78, 5) is 11.5. The summed E-state index contributed by atoms with van der Waals surface area (Å²) < 4.78 is 2.39. The molecule has 5 nitrogen and oxygen atoms in total. The van der Waals surface area contributed by atoms with Crippen molar-refractivity contribution in [1.82, 2.24) is 24.8 Å². The zero-order valence-electron chi connectivity index (χ0n) is 18.8. The van der Waals surface area contributed by atoms with Crippen LogP contribution in [0.5, 0.6) is 0 Å². The number of hydrogen-bond donors (Lipinski definition) is 1. The minimum atomic E-state index is -0.0342. The van der Waals surface area contributed by atoms with Gasteiger partial charge >= 0.3 is 0 Å². The lowest BCUT2D eigenvalue weighted by atomic mass is 9.96. The average Bonchev–Trinajstić information content (AvgIpc) is 3.31. The molecular formula is C27H27N5S. The maximum atomic E-state index is 5.83. The Hall–Kier alpha value is -3.51. The number of benzene rings is 1. The molecular weight excluding hydrogens is 426 g/mol. The summed E-state index contributed by atoms with van der Waals surface area (Å²) in [5.74, 6) is 0. The lowest BCUT2D eigenvalue weighted by Crippen LogP contribution is -2.29. The predicted octanol–water partition coefficient (Wildman–Crippen LogP) is 5.12. The Bertz CT molecular complexity index is 1240. The number of rotatable bonds is 6. The molecule has 6 heteroatoms. The molecule has 1 fully saturated rings. The maximum Gasteiger partial charge on any atom is 0.170 e. The third-order valence-electron chi connectivity index (χ3n) is 6.37. The first-order valence-electron chi connectivity index (χ1n) is 11.2. The molecule has 0 spiro atoms. The Labute approximate surface area is 200 Å². The van der Waals surface area contributed by atoms with Gasteiger partial charge in [0.05, 0.1) is 30.0 Å². The van der Waals surface area contributed by atoms with Gasteiger partial charge in [-0.1, -0.05) is 42.5 Å². The summed E-state index contributed by atoms with van der Waals surface area (Å²) in [5, 5.41) is 4.28. The molecule has 4 aromatic rings. The average molecular weight is 454 g/mol. The molecule has 1 aliphatic heterocycles. The van der Waals surface area contributed by atoms with Crippen molar-refractivity contribution in [1.29, 1.82) is 0 Å². The van der Waals surface area contributed by atoms with E-state index in [1.165, 1.54) is 22.5 Å². The van der Waals surface area contributed by atoms with E-state index in [1.807, 2.05) is 42.7 Å². The Morgan fingerprint density at radius 2 is 1.61 bits per heavy atom. The first kappa shape index (κ1) is 21.3. The van der Waals surface area contributed by atoms with Crippen LogP contribution >= 0.6 is 12.2 Å². The number of nitrogens with zero attached hydrogens (tertiary/aromatic N) is 4. The molecule has 166 valence electrons. The molecule has 0 aliphatic carbocycles. The van der Waals surface area contributed by atoms with Crippen molar-refractivity contribution in [3.63, 3.8) is 0 Å². The maximum absolute atomic E-state index is 5.83. The van der Waals surface area contributed by atoms with E-state index in [-0.39, 0.29) is 12.1 Å². The number of aromatic nitrogens is 3. The van der Waals surface area contributed by atoms with E-state index < -0.39 is 0 Å². The molecule has 33 heavy (non-hydrogen) atoms. The Kier molecular flexibility index (Phi) is 5.92. The molecule has 0 saturated carbocycles. The minimum absolute atomic E-state index is 0.0186. The highest BCUT2D eigenvalue weighted by molar-refractivity contribution is 7.80. The fourth-order valence-electron chi connectivity index (χ4n) is 4.72. The van der Waals surface area contributed by atoms with Gasteiger partial charge in [-0.15, -0.1) is 0 Å². The minimum Gasteiger partial charge on any atom is -0.352 e. The van der Waals surface area contributed by atoms with Crippen molar-refractivity contribution < 1.29 is 0 Å². The van der Waals surface area contributed by atoms with Crippen molar-refractivity contribution in [2.75, 3.05) is 0 Å². The molecule has 5 rings (SSSR count). The van der Waals surface area contributed by atoms with Crippen LogP contribution in [0, 0.1) is 13.8 Å². The molecule has 2 atom stereocenters. The number of pyridine rings is 2. The van der Waals surface area contributed by atoms with Crippen molar-refractivity contribution >= 4 is 17.3 Å². The highest BCUT2D eigenvalue weighted by atomic mass is 32.1. The van der Waals surface area contributed by atoms with Gasteiger partial charge in [-0.25, -0.2) is 0 Å². The normalized spacial score (nSPS) is 17.9. The van der Waals surface area contributed by atoms with Crippen LogP contribution < -0.4 is 5.32 Å². The zero-order valence-corrected chi connectivity index (χ0v) is 19.7. The largest absolute Gasteiger partial charge is 0.352 e. The van der Waals surface area contributed by atoms with Crippen LogP contribution in [-0.4, -0.2) is 24.5 Å². The number of nitrogens with one attached hydrogen (secondary N) is 1. The summed E-state index contributed by atoms with van der Waals surface area (Å²) in [6.07, 6.45) is 3.68. The summed E-state index contributed by atoms with van der Waals surface area (Å²) in [6.45, 7) is 5.88. The highest BCUT2D eigenvalue weighted by Crippen LogP contribution is 2.41. The number of thiocarbonyl (C=S) groups is 1. The van der Waals surface area contributed by atoms with Crippen molar-refractivity contribution in [3.05, 3.63) is 119 Å². The fourth-order valence-corrected chi connectivity index (χ4v) is 5.02. The molecule has 0 unspecified atom stereocenters. The van der Waals surface area contributed by atoms with Gasteiger partial charge in [0.25, 0.3) is 0 Å². The monoisotopic (exact) mass is 453 g/mol. The van der Waals surface area contributed by atoms with Crippen molar-refractivity contribution in [3.8, 4) is 0 Å². The lowest BCUT2D eigenvalue weighted by molar-refractivity contribution is 0.307. The van der Waals surface area contributed by atoms with Crippen LogP contribution in [0.2, 0.25) is 0 Å².